The predicted molar refractivity (Wildman–Crippen MR) is 90.7 cm³/mol. The fraction of sp³-hybridized carbons (Fsp3) is 0.111. The molecule has 26 heavy (non-hydrogen) atoms. The van der Waals surface area contributed by atoms with Crippen LogP contribution in [0, 0.1) is 0 Å². The van der Waals surface area contributed by atoms with Crippen molar-refractivity contribution in [2.24, 2.45) is 0 Å². The number of nitrogens with zero attached hydrogens (tertiary/aromatic N) is 1. The van der Waals surface area contributed by atoms with E-state index in [9.17, 15) is 18.0 Å². The summed E-state index contributed by atoms with van der Waals surface area (Å²) in [6.45, 7) is 0. The van der Waals surface area contributed by atoms with Gasteiger partial charge in [0.05, 0.1) is 34.5 Å². The van der Waals surface area contributed by atoms with Gasteiger partial charge < -0.3 is 9.84 Å². The van der Waals surface area contributed by atoms with E-state index in [0.29, 0.717) is 16.7 Å². The smallest absolute Gasteiger partial charge is 0.416 e. The molecule has 2 aromatic carbocycles. The second-order valence-corrected chi connectivity index (χ2v) is 5.85. The summed E-state index contributed by atoms with van der Waals surface area (Å²) in [5.74, 6) is -0.719. The Balaban J connectivity index is 2.20. The van der Waals surface area contributed by atoms with E-state index in [1.807, 2.05) is 0 Å². The maximum Gasteiger partial charge on any atom is 0.416 e. The second kappa shape index (κ2) is 6.49. The molecule has 0 saturated heterocycles. The topological polar surface area (TPSA) is 59.4 Å². The van der Waals surface area contributed by atoms with Gasteiger partial charge in [0, 0.05) is 17.0 Å². The van der Waals surface area contributed by atoms with Gasteiger partial charge >= 0.3 is 12.1 Å². The Morgan fingerprint density at radius 2 is 1.88 bits per heavy atom. The summed E-state index contributed by atoms with van der Waals surface area (Å²) in [6.07, 6.45) is -4.51. The summed E-state index contributed by atoms with van der Waals surface area (Å²) in [5.41, 5.74) is 0.0429. The zero-order chi connectivity index (χ0) is 19.1. The molecule has 3 rings (SSSR count). The van der Waals surface area contributed by atoms with Gasteiger partial charge in [0.1, 0.15) is 5.75 Å². The lowest BCUT2D eigenvalue weighted by molar-refractivity contribution is -0.137. The van der Waals surface area contributed by atoms with Crippen LogP contribution in [0.2, 0.25) is 5.02 Å². The van der Waals surface area contributed by atoms with E-state index >= 15 is 0 Å². The van der Waals surface area contributed by atoms with Crippen molar-refractivity contribution in [3.63, 3.8) is 0 Å². The molecule has 0 saturated carbocycles. The minimum atomic E-state index is -4.51. The summed E-state index contributed by atoms with van der Waals surface area (Å²) in [6, 6.07) is 8.83. The van der Waals surface area contributed by atoms with Crippen molar-refractivity contribution in [2.75, 3.05) is 7.11 Å². The molecule has 0 atom stereocenters. The molecule has 1 aromatic heterocycles. The molecule has 0 aliphatic carbocycles. The number of alkyl halides is 3. The van der Waals surface area contributed by atoms with Crippen LogP contribution in [0.3, 0.4) is 0 Å². The number of pyridine rings is 1. The molecule has 4 nitrogen and oxygen atoms in total. The molecule has 0 spiro atoms. The predicted octanol–water partition coefficient (Wildman–Crippen LogP) is 5.28. The summed E-state index contributed by atoms with van der Waals surface area (Å²) in [7, 11) is 1.43. The number of carboxylic acid groups (broad SMARTS) is 1. The van der Waals surface area contributed by atoms with Gasteiger partial charge in [-0.05, 0) is 30.3 Å². The third kappa shape index (κ3) is 3.30. The van der Waals surface area contributed by atoms with Crippen LogP contribution in [0.15, 0.2) is 42.5 Å². The Labute approximate surface area is 150 Å². The van der Waals surface area contributed by atoms with Crippen molar-refractivity contribution in [1.82, 2.24) is 4.98 Å². The van der Waals surface area contributed by atoms with E-state index in [4.69, 9.17) is 21.4 Å². The molecule has 134 valence electrons. The minimum absolute atomic E-state index is 0.0303. The highest BCUT2D eigenvalue weighted by Crippen LogP contribution is 2.37. The van der Waals surface area contributed by atoms with E-state index in [0.717, 1.165) is 12.1 Å². The molecule has 1 N–H and O–H groups in total. The number of hydrogen-bond acceptors (Lipinski definition) is 3. The maximum atomic E-state index is 12.8. The van der Waals surface area contributed by atoms with E-state index < -0.39 is 17.7 Å². The summed E-state index contributed by atoms with van der Waals surface area (Å²) < 4.78 is 43.7. The molecule has 0 bridgehead atoms. The molecular formula is C18H11ClF3NO3. The lowest BCUT2D eigenvalue weighted by atomic mass is 10.0. The third-order valence-electron chi connectivity index (χ3n) is 3.81. The van der Waals surface area contributed by atoms with E-state index in [1.54, 1.807) is 6.07 Å². The van der Waals surface area contributed by atoms with Crippen LogP contribution >= 0.6 is 11.6 Å². The van der Waals surface area contributed by atoms with Crippen molar-refractivity contribution in [2.45, 2.75) is 6.18 Å². The lowest BCUT2D eigenvalue weighted by Crippen LogP contribution is -2.04. The fourth-order valence-corrected chi connectivity index (χ4v) is 2.81. The number of benzene rings is 2. The highest BCUT2D eigenvalue weighted by atomic mass is 35.5. The first-order valence-corrected chi connectivity index (χ1v) is 7.67. The molecule has 0 unspecified atom stereocenters. The number of methoxy groups -OCH3 is 1. The molecule has 8 heteroatoms. The first kappa shape index (κ1) is 18.0. The zero-order valence-electron chi connectivity index (χ0n) is 13.3. The summed E-state index contributed by atoms with van der Waals surface area (Å²) in [5, 5.41) is 9.57. The molecule has 0 fully saturated rings. The quantitative estimate of drug-likeness (QED) is 0.670. The Bertz CT molecular complexity index is 1020. The van der Waals surface area contributed by atoms with Crippen LogP contribution in [0.5, 0.6) is 5.75 Å². The van der Waals surface area contributed by atoms with Crippen molar-refractivity contribution in [3.8, 4) is 17.0 Å². The third-order valence-corrected chi connectivity index (χ3v) is 4.12. The highest BCUT2D eigenvalue weighted by Gasteiger charge is 2.31. The first-order chi connectivity index (χ1) is 12.2. The molecule has 3 aromatic rings. The number of hydrogen-bond donors (Lipinski definition) is 1. The van der Waals surface area contributed by atoms with Crippen molar-refractivity contribution in [3.05, 3.63) is 58.6 Å². The maximum absolute atomic E-state index is 12.8. The Kier molecular flexibility index (Phi) is 4.50. The average molecular weight is 382 g/mol. The van der Waals surface area contributed by atoms with Crippen LogP contribution in [-0.2, 0) is 6.18 Å². The van der Waals surface area contributed by atoms with Gasteiger partial charge in [0.15, 0.2) is 0 Å². The normalized spacial score (nSPS) is 11.6. The van der Waals surface area contributed by atoms with E-state index in [2.05, 4.69) is 4.98 Å². The van der Waals surface area contributed by atoms with Gasteiger partial charge in [-0.15, -0.1) is 0 Å². The minimum Gasteiger partial charge on any atom is -0.496 e. The van der Waals surface area contributed by atoms with Crippen molar-refractivity contribution in [1.29, 1.82) is 0 Å². The number of aromatic carboxylic acids is 1. The number of aromatic nitrogens is 1. The van der Waals surface area contributed by atoms with Crippen LogP contribution < -0.4 is 4.74 Å². The molecule has 1 heterocycles. The number of rotatable bonds is 3. The van der Waals surface area contributed by atoms with Gasteiger partial charge in [0.2, 0.25) is 0 Å². The first-order valence-electron chi connectivity index (χ1n) is 7.30. The van der Waals surface area contributed by atoms with Gasteiger partial charge in [-0.2, -0.15) is 13.2 Å². The highest BCUT2D eigenvalue weighted by molar-refractivity contribution is 6.33. The zero-order valence-corrected chi connectivity index (χ0v) is 14.0. The van der Waals surface area contributed by atoms with Gasteiger partial charge in [-0.25, -0.2) is 9.78 Å². The molecule has 0 aliphatic rings. The Hall–Kier alpha value is -2.80. The number of ether oxygens (including phenoxy) is 1. The Morgan fingerprint density at radius 3 is 2.46 bits per heavy atom. The number of halogens is 4. The van der Waals surface area contributed by atoms with Crippen LogP contribution in [0.1, 0.15) is 15.9 Å². The fourth-order valence-electron chi connectivity index (χ4n) is 2.54. The van der Waals surface area contributed by atoms with E-state index in [1.165, 1.54) is 31.4 Å². The van der Waals surface area contributed by atoms with Gasteiger partial charge in [0.25, 0.3) is 0 Å². The second-order valence-electron chi connectivity index (χ2n) is 5.44. The summed E-state index contributed by atoms with van der Waals surface area (Å²) >= 11 is 6.02. The number of carboxylic acids is 1. The van der Waals surface area contributed by atoms with Gasteiger partial charge in [-0.3, -0.25) is 0 Å². The van der Waals surface area contributed by atoms with Crippen LogP contribution in [0.25, 0.3) is 22.2 Å². The van der Waals surface area contributed by atoms with Crippen molar-refractivity contribution < 1.29 is 27.8 Å². The van der Waals surface area contributed by atoms with E-state index in [-0.39, 0.29) is 21.8 Å². The number of carbonyl (C=O) groups is 1. The Morgan fingerprint density at radius 1 is 1.15 bits per heavy atom. The van der Waals surface area contributed by atoms with Gasteiger partial charge in [-0.1, -0.05) is 17.7 Å². The van der Waals surface area contributed by atoms with Crippen LogP contribution in [0.4, 0.5) is 13.2 Å². The molecule has 0 radical (unpaired) electrons. The van der Waals surface area contributed by atoms with Crippen LogP contribution in [-0.4, -0.2) is 23.2 Å². The molecule has 0 aliphatic heterocycles. The number of fused-ring (bicyclic) bond motifs is 1. The molecule has 0 amide bonds. The largest absolute Gasteiger partial charge is 0.496 e. The summed E-state index contributed by atoms with van der Waals surface area (Å²) in [4.78, 5) is 15.5. The monoisotopic (exact) mass is 381 g/mol. The SMILES string of the molecule is COc1cc(-c2ccc(C(F)(F)F)cc2Cl)nc2cc(C(=O)O)ccc12. The van der Waals surface area contributed by atoms with Crippen molar-refractivity contribution >= 4 is 28.5 Å². The standard InChI is InChI=1S/C18H11ClF3NO3/c1-26-16-8-15(11-5-3-10(7-13(11)19)18(20,21)22)23-14-6-9(17(24)25)2-4-12(14)16/h2-8H,1H3,(H,24,25). The average Bonchev–Trinajstić information content (AvgIpc) is 2.59. The lowest BCUT2D eigenvalue weighted by Gasteiger charge is -2.12. The molecular weight excluding hydrogens is 371 g/mol.